The minimum absolute atomic E-state index is 0.353. The largest absolute Gasteiger partial charge is 0.206 e. The summed E-state index contributed by atoms with van der Waals surface area (Å²) in [6, 6.07) is 18.9. The van der Waals surface area contributed by atoms with Crippen LogP contribution in [0.3, 0.4) is 0 Å². The van der Waals surface area contributed by atoms with E-state index in [1.54, 1.807) is 12.1 Å². The van der Waals surface area contributed by atoms with Gasteiger partial charge in [0.1, 0.15) is 13.1 Å². The van der Waals surface area contributed by atoms with Gasteiger partial charge in [-0.3, -0.25) is 0 Å². The van der Waals surface area contributed by atoms with E-state index in [4.69, 9.17) is 0 Å². The van der Waals surface area contributed by atoms with Gasteiger partial charge in [-0.1, -0.05) is 65.3 Å². The highest BCUT2D eigenvalue weighted by atomic mass is 19.1. The lowest BCUT2D eigenvalue weighted by molar-refractivity contribution is 0.624. The smallest absolute Gasteiger partial charge is 0.148 e. The van der Waals surface area contributed by atoms with Crippen molar-refractivity contribution < 1.29 is 4.39 Å². The van der Waals surface area contributed by atoms with Gasteiger partial charge in [-0.2, -0.15) is 0 Å². The van der Waals surface area contributed by atoms with E-state index in [9.17, 15) is 4.39 Å². The van der Waals surface area contributed by atoms with Crippen LogP contribution in [-0.2, 0) is 0 Å². The van der Waals surface area contributed by atoms with Crippen LogP contribution in [0.1, 0.15) is 33.4 Å². The molecule has 0 amide bonds. The molecule has 3 rings (SSSR count). The quantitative estimate of drug-likeness (QED) is 0.444. The Bertz CT molecular complexity index is 1090. The Morgan fingerprint density at radius 1 is 0.704 bits per heavy atom. The van der Waals surface area contributed by atoms with E-state index in [0.717, 1.165) is 16.7 Å². The zero-order valence-electron chi connectivity index (χ0n) is 15.7. The maximum Gasteiger partial charge on any atom is 0.148 e. The highest BCUT2D eigenvalue weighted by molar-refractivity contribution is 6.52. The summed E-state index contributed by atoms with van der Waals surface area (Å²) in [5, 5.41) is 0. The van der Waals surface area contributed by atoms with E-state index >= 15 is 0 Å². The van der Waals surface area contributed by atoms with Gasteiger partial charge in [0.25, 0.3) is 0 Å². The summed E-state index contributed by atoms with van der Waals surface area (Å²) in [5.41, 5.74) is 6.33. The first-order chi connectivity index (χ1) is 13.0. The average Bonchev–Trinajstić information content (AvgIpc) is 2.67. The van der Waals surface area contributed by atoms with Crippen LogP contribution in [0.25, 0.3) is 0 Å². The van der Waals surface area contributed by atoms with Gasteiger partial charge in [-0.25, -0.2) is 4.39 Å². The zero-order chi connectivity index (χ0) is 19.2. The third kappa shape index (κ3) is 4.90. The fourth-order valence-corrected chi connectivity index (χ4v) is 2.69. The molecular weight excluding hydrogens is 330 g/mol. The second kappa shape index (κ2) is 8.44. The van der Waals surface area contributed by atoms with E-state index in [0.29, 0.717) is 11.1 Å². The monoisotopic (exact) mass is 349 g/mol. The van der Waals surface area contributed by atoms with Crippen LogP contribution in [0.4, 0.5) is 4.39 Å². The Hall–Kier alpha value is -3.23. The standard InChI is InChI=1S/C25H19BF/c1-18-4-6-20(7-5-18)8-9-22-11-14-23(25(27)17-22)13-10-21-12-15-24(26-3)19(2)16-21/h4-7,11-12,14-17H,1-3H3. The molecule has 0 aliphatic carbocycles. The minimum atomic E-state index is -0.353. The van der Waals surface area contributed by atoms with Crippen LogP contribution in [0.5, 0.6) is 0 Å². The van der Waals surface area contributed by atoms with Crippen molar-refractivity contribution in [3.63, 3.8) is 0 Å². The van der Waals surface area contributed by atoms with Crippen molar-refractivity contribution in [2.75, 3.05) is 0 Å². The molecule has 3 aromatic rings. The summed E-state index contributed by atoms with van der Waals surface area (Å²) < 4.78 is 14.4. The van der Waals surface area contributed by atoms with Crippen molar-refractivity contribution in [3.8, 4) is 23.7 Å². The molecule has 0 saturated carbocycles. The van der Waals surface area contributed by atoms with Crippen molar-refractivity contribution in [2.45, 2.75) is 20.7 Å². The number of aryl methyl sites for hydroxylation is 2. The molecule has 0 aliphatic heterocycles. The van der Waals surface area contributed by atoms with Gasteiger partial charge in [0.2, 0.25) is 0 Å². The molecule has 0 aromatic heterocycles. The van der Waals surface area contributed by atoms with Crippen molar-refractivity contribution in [1.82, 2.24) is 0 Å². The van der Waals surface area contributed by atoms with E-state index in [1.165, 1.54) is 17.1 Å². The third-order valence-corrected chi connectivity index (χ3v) is 4.29. The SMILES string of the molecule is C[B]c1ccc(C#Cc2ccc(C#Cc3ccc(C)cc3)cc2F)cc1C. The predicted octanol–water partition coefficient (Wildman–Crippen LogP) is 4.62. The molecule has 0 spiro atoms. The molecule has 1 radical (unpaired) electrons. The van der Waals surface area contributed by atoms with E-state index < -0.39 is 0 Å². The fraction of sp³-hybridized carbons (Fsp3) is 0.120. The zero-order valence-corrected chi connectivity index (χ0v) is 15.7. The summed E-state index contributed by atoms with van der Waals surface area (Å²) in [5.74, 6) is 11.7. The van der Waals surface area contributed by atoms with Crippen LogP contribution in [0.15, 0.2) is 60.7 Å². The molecular formula is C25H19BF. The molecule has 3 aromatic carbocycles. The van der Waals surface area contributed by atoms with Gasteiger partial charge in [-0.05, 0) is 56.3 Å². The summed E-state index contributed by atoms with van der Waals surface area (Å²) in [6.45, 7) is 6.08. The lowest BCUT2D eigenvalue weighted by Crippen LogP contribution is -2.13. The average molecular weight is 349 g/mol. The maximum atomic E-state index is 14.4. The van der Waals surface area contributed by atoms with Crippen molar-refractivity contribution in [3.05, 3.63) is 99.9 Å². The molecule has 0 heterocycles. The first kappa shape index (κ1) is 18.6. The normalized spacial score (nSPS) is 9.63. The molecule has 0 unspecified atom stereocenters. The van der Waals surface area contributed by atoms with Crippen LogP contribution in [0, 0.1) is 43.3 Å². The Balaban J connectivity index is 1.80. The fourth-order valence-electron chi connectivity index (χ4n) is 2.69. The van der Waals surface area contributed by atoms with E-state index in [2.05, 4.69) is 31.0 Å². The number of benzene rings is 3. The van der Waals surface area contributed by atoms with Gasteiger partial charge in [0.15, 0.2) is 0 Å². The second-order valence-corrected chi connectivity index (χ2v) is 6.42. The molecule has 129 valence electrons. The molecule has 0 nitrogen and oxygen atoms in total. The molecule has 27 heavy (non-hydrogen) atoms. The minimum Gasteiger partial charge on any atom is -0.206 e. The molecule has 0 bridgehead atoms. The van der Waals surface area contributed by atoms with Crippen molar-refractivity contribution >= 4 is 12.7 Å². The maximum absolute atomic E-state index is 14.4. The van der Waals surface area contributed by atoms with Crippen LogP contribution >= 0.6 is 0 Å². The Morgan fingerprint density at radius 3 is 1.96 bits per heavy atom. The number of halogens is 1. The summed E-state index contributed by atoms with van der Waals surface area (Å²) in [7, 11) is 2.06. The predicted molar refractivity (Wildman–Crippen MR) is 112 cm³/mol. The lowest BCUT2D eigenvalue weighted by atomic mass is 9.71. The lowest BCUT2D eigenvalue weighted by Gasteiger charge is -2.02. The molecule has 0 N–H and O–H groups in total. The third-order valence-electron chi connectivity index (χ3n) is 4.29. The van der Waals surface area contributed by atoms with Crippen LogP contribution in [-0.4, -0.2) is 7.28 Å². The highest BCUT2D eigenvalue weighted by Gasteiger charge is 2.01. The van der Waals surface area contributed by atoms with Crippen molar-refractivity contribution in [2.24, 2.45) is 0 Å². The highest BCUT2D eigenvalue weighted by Crippen LogP contribution is 2.10. The second-order valence-electron chi connectivity index (χ2n) is 6.42. The topological polar surface area (TPSA) is 0 Å². The van der Waals surface area contributed by atoms with Crippen LogP contribution in [0.2, 0.25) is 6.82 Å². The van der Waals surface area contributed by atoms with Gasteiger partial charge < -0.3 is 0 Å². The molecule has 2 heteroatoms. The number of hydrogen-bond donors (Lipinski definition) is 0. The van der Waals surface area contributed by atoms with Gasteiger partial charge in [-0.15, -0.1) is 0 Å². The van der Waals surface area contributed by atoms with Gasteiger partial charge in [0, 0.05) is 16.7 Å². The summed E-state index contributed by atoms with van der Waals surface area (Å²) >= 11 is 0. The van der Waals surface area contributed by atoms with Gasteiger partial charge in [0.05, 0.1) is 5.56 Å². The van der Waals surface area contributed by atoms with Crippen LogP contribution < -0.4 is 5.46 Å². The first-order valence-electron chi connectivity index (χ1n) is 8.85. The summed E-state index contributed by atoms with van der Waals surface area (Å²) in [4.78, 5) is 0. The number of rotatable bonds is 1. The Kier molecular flexibility index (Phi) is 5.80. The molecule has 0 fully saturated rings. The van der Waals surface area contributed by atoms with Crippen molar-refractivity contribution in [1.29, 1.82) is 0 Å². The molecule has 0 aliphatic rings. The Morgan fingerprint density at radius 2 is 1.30 bits per heavy atom. The van der Waals surface area contributed by atoms with E-state index in [-0.39, 0.29) is 5.82 Å². The Labute approximate surface area is 161 Å². The number of hydrogen-bond acceptors (Lipinski definition) is 0. The molecule has 0 saturated heterocycles. The summed E-state index contributed by atoms with van der Waals surface area (Å²) in [6.07, 6.45) is 0. The van der Waals surface area contributed by atoms with E-state index in [1.807, 2.05) is 63.1 Å². The first-order valence-corrected chi connectivity index (χ1v) is 8.85. The molecule has 0 atom stereocenters. The van der Waals surface area contributed by atoms with Gasteiger partial charge >= 0.3 is 0 Å².